The average molecular weight is 379 g/mol. The van der Waals surface area contributed by atoms with Crippen molar-refractivity contribution in [1.29, 1.82) is 0 Å². The Morgan fingerprint density at radius 3 is 2.56 bits per heavy atom. The first-order chi connectivity index (χ1) is 12.8. The number of phenols is 1. The number of aromatic nitrogens is 2. The Morgan fingerprint density at radius 2 is 1.78 bits per heavy atom. The lowest BCUT2D eigenvalue weighted by atomic mass is 9.98. The molecule has 4 nitrogen and oxygen atoms in total. The van der Waals surface area contributed by atoms with E-state index in [9.17, 15) is 10.2 Å². The number of fused-ring (bicyclic) bond motifs is 1. The van der Waals surface area contributed by atoms with Crippen LogP contribution in [0.15, 0.2) is 67.0 Å². The highest BCUT2D eigenvalue weighted by molar-refractivity contribution is 6.32. The monoisotopic (exact) mass is 378 g/mol. The molecule has 1 aromatic heterocycles. The number of benzene rings is 3. The molecule has 0 spiro atoms. The molecular weight excluding hydrogens is 360 g/mol. The molecule has 0 unspecified atom stereocenters. The van der Waals surface area contributed by atoms with Crippen molar-refractivity contribution >= 4 is 22.6 Å². The van der Waals surface area contributed by atoms with Crippen LogP contribution in [-0.4, -0.2) is 19.8 Å². The fourth-order valence-electron chi connectivity index (χ4n) is 3.17. The molecule has 0 aliphatic heterocycles. The number of hydrogen-bond donors (Lipinski definition) is 2. The van der Waals surface area contributed by atoms with Gasteiger partial charge in [0.05, 0.1) is 21.7 Å². The highest BCUT2D eigenvalue weighted by Gasteiger charge is 2.17. The molecule has 0 fully saturated rings. The molecule has 0 aliphatic carbocycles. The zero-order valence-electron chi connectivity index (χ0n) is 15.0. The van der Waals surface area contributed by atoms with Gasteiger partial charge in [-0.3, -0.25) is 4.57 Å². The predicted octanol–water partition coefficient (Wildman–Crippen LogP) is 5.28. The average Bonchev–Trinajstić information content (AvgIpc) is 3.07. The molecule has 136 valence electrons. The highest BCUT2D eigenvalue weighted by Crippen LogP contribution is 2.36. The molecule has 1 heterocycles. The Hall–Kier alpha value is -2.82. The zero-order chi connectivity index (χ0) is 19.2. The summed E-state index contributed by atoms with van der Waals surface area (Å²) in [6, 6.07) is 18.9. The summed E-state index contributed by atoms with van der Waals surface area (Å²) < 4.78 is 1.98. The van der Waals surface area contributed by atoms with E-state index < -0.39 is 5.60 Å². The third-order valence-corrected chi connectivity index (χ3v) is 4.98. The third kappa shape index (κ3) is 3.18. The number of para-hydroxylation sites is 1. The van der Waals surface area contributed by atoms with Crippen LogP contribution in [0.3, 0.4) is 0 Å². The third-order valence-electron chi connectivity index (χ3n) is 4.68. The van der Waals surface area contributed by atoms with Crippen LogP contribution in [-0.2, 0) is 5.60 Å². The summed E-state index contributed by atoms with van der Waals surface area (Å²) in [5.74, 6) is 0.0709. The summed E-state index contributed by atoms with van der Waals surface area (Å²) in [6.07, 6.45) is 1.76. The molecule has 0 bridgehead atoms. The van der Waals surface area contributed by atoms with Crippen molar-refractivity contribution in [3.05, 3.63) is 77.6 Å². The summed E-state index contributed by atoms with van der Waals surface area (Å²) in [5, 5.41) is 20.8. The second-order valence-corrected chi connectivity index (χ2v) is 7.47. The van der Waals surface area contributed by atoms with Gasteiger partial charge in [-0.25, -0.2) is 4.98 Å². The van der Waals surface area contributed by atoms with E-state index in [4.69, 9.17) is 11.6 Å². The minimum Gasteiger partial charge on any atom is -0.506 e. The molecule has 0 radical (unpaired) electrons. The first-order valence-corrected chi connectivity index (χ1v) is 9.00. The maximum atomic E-state index is 10.3. The van der Waals surface area contributed by atoms with Crippen molar-refractivity contribution in [3.63, 3.8) is 0 Å². The van der Waals surface area contributed by atoms with Crippen LogP contribution >= 0.6 is 11.6 Å². The van der Waals surface area contributed by atoms with Crippen molar-refractivity contribution in [2.24, 2.45) is 0 Å². The van der Waals surface area contributed by atoms with Crippen molar-refractivity contribution in [1.82, 2.24) is 9.55 Å². The smallest absolute Gasteiger partial charge is 0.141 e. The van der Waals surface area contributed by atoms with Crippen LogP contribution < -0.4 is 0 Å². The van der Waals surface area contributed by atoms with E-state index in [1.54, 1.807) is 26.2 Å². The molecule has 5 heteroatoms. The van der Waals surface area contributed by atoms with Gasteiger partial charge in [-0.2, -0.15) is 0 Å². The van der Waals surface area contributed by atoms with Crippen LogP contribution in [0.4, 0.5) is 0 Å². The number of hydrogen-bond acceptors (Lipinski definition) is 3. The lowest BCUT2D eigenvalue weighted by Crippen LogP contribution is -2.15. The van der Waals surface area contributed by atoms with Gasteiger partial charge in [0.2, 0.25) is 0 Å². The normalized spacial score (nSPS) is 11.9. The summed E-state index contributed by atoms with van der Waals surface area (Å²) in [6.45, 7) is 3.51. The number of imidazole rings is 1. The van der Waals surface area contributed by atoms with Gasteiger partial charge in [-0.05, 0) is 55.3 Å². The number of aromatic hydroxyl groups is 1. The number of halogens is 1. The van der Waals surface area contributed by atoms with Crippen LogP contribution in [0.5, 0.6) is 5.75 Å². The van der Waals surface area contributed by atoms with Gasteiger partial charge < -0.3 is 10.2 Å². The molecule has 4 aromatic rings. The van der Waals surface area contributed by atoms with Gasteiger partial charge in [0.15, 0.2) is 0 Å². The van der Waals surface area contributed by atoms with Crippen LogP contribution in [0, 0.1) is 0 Å². The predicted molar refractivity (Wildman–Crippen MR) is 108 cm³/mol. The van der Waals surface area contributed by atoms with Gasteiger partial charge in [0.1, 0.15) is 12.1 Å². The Bertz CT molecular complexity index is 1140. The minimum absolute atomic E-state index is 0.0709. The first kappa shape index (κ1) is 17.6. The largest absolute Gasteiger partial charge is 0.506 e. The molecule has 27 heavy (non-hydrogen) atoms. The molecule has 0 saturated carbocycles. The quantitative estimate of drug-likeness (QED) is 0.510. The van der Waals surface area contributed by atoms with E-state index in [0.29, 0.717) is 10.6 Å². The molecule has 0 aliphatic rings. The molecule has 0 atom stereocenters. The van der Waals surface area contributed by atoms with Gasteiger partial charge in [-0.1, -0.05) is 41.9 Å². The maximum Gasteiger partial charge on any atom is 0.141 e. The second-order valence-electron chi connectivity index (χ2n) is 7.06. The lowest BCUT2D eigenvalue weighted by Gasteiger charge is -2.17. The van der Waals surface area contributed by atoms with Gasteiger partial charge in [-0.15, -0.1) is 0 Å². The number of aliphatic hydroxyl groups is 1. The van der Waals surface area contributed by atoms with Crippen LogP contribution in [0.2, 0.25) is 5.02 Å². The van der Waals surface area contributed by atoms with E-state index in [1.165, 1.54) is 0 Å². The topological polar surface area (TPSA) is 58.3 Å². The van der Waals surface area contributed by atoms with Gasteiger partial charge in [0, 0.05) is 11.3 Å². The Morgan fingerprint density at radius 1 is 1.00 bits per heavy atom. The van der Waals surface area contributed by atoms with E-state index in [0.717, 1.165) is 27.8 Å². The van der Waals surface area contributed by atoms with Crippen molar-refractivity contribution in [3.8, 4) is 22.6 Å². The fraction of sp³-hybridized carbons (Fsp3) is 0.136. The molecule has 0 saturated heterocycles. The number of phenolic OH excluding ortho intramolecular Hbond substituents is 1. The van der Waals surface area contributed by atoms with Gasteiger partial charge >= 0.3 is 0 Å². The second kappa shape index (κ2) is 6.41. The Kier molecular flexibility index (Phi) is 4.17. The summed E-state index contributed by atoms with van der Waals surface area (Å²) in [4.78, 5) is 4.48. The van der Waals surface area contributed by atoms with Crippen molar-refractivity contribution in [2.75, 3.05) is 0 Å². The maximum absolute atomic E-state index is 10.3. The minimum atomic E-state index is -0.915. The van der Waals surface area contributed by atoms with Crippen molar-refractivity contribution in [2.45, 2.75) is 19.4 Å². The number of nitrogens with zero attached hydrogens (tertiary/aromatic N) is 2. The lowest BCUT2D eigenvalue weighted by molar-refractivity contribution is 0.0787. The standard InChI is InChI=1S/C22H19ClN2O2/c1-22(2,27)15-9-10-20-19(12-15)24-13-25(20)16-6-3-5-14(11-16)17-7-4-8-18(23)21(17)26/h3-13,26-27H,1-2H3. The zero-order valence-corrected chi connectivity index (χ0v) is 15.8. The molecular formula is C22H19ClN2O2. The van der Waals surface area contributed by atoms with E-state index in [2.05, 4.69) is 4.98 Å². The van der Waals surface area contributed by atoms with Gasteiger partial charge in [0.25, 0.3) is 0 Å². The summed E-state index contributed by atoms with van der Waals surface area (Å²) in [7, 11) is 0. The molecule has 4 rings (SSSR count). The van der Waals surface area contributed by atoms with E-state index >= 15 is 0 Å². The van der Waals surface area contributed by atoms with E-state index in [1.807, 2.05) is 59.2 Å². The summed E-state index contributed by atoms with van der Waals surface area (Å²) >= 11 is 6.05. The van der Waals surface area contributed by atoms with Crippen LogP contribution in [0.25, 0.3) is 27.8 Å². The highest BCUT2D eigenvalue weighted by atomic mass is 35.5. The Balaban J connectivity index is 1.82. The van der Waals surface area contributed by atoms with Crippen molar-refractivity contribution < 1.29 is 10.2 Å². The Labute approximate surface area is 162 Å². The molecule has 2 N–H and O–H groups in total. The molecule has 0 amide bonds. The summed E-state index contributed by atoms with van der Waals surface area (Å²) in [5.41, 5.74) is 4.12. The fourth-order valence-corrected chi connectivity index (χ4v) is 3.35. The SMILES string of the molecule is CC(C)(O)c1ccc2c(c1)ncn2-c1cccc(-c2cccc(Cl)c2O)c1. The first-order valence-electron chi connectivity index (χ1n) is 8.63. The van der Waals surface area contributed by atoms with Crippen LogP contribution in [0.1, 0.15) is 19.4 Å². The number of rotatable bonds is 3. The molecule has 3 aromatic carbocycles. The van der Waals surface area contributed by atoms with E-state index in [-0.39, 0.29) is 5.75 Å².